The van der Waals surface area contributed by atoms with Crippen LogP contribution in [0.5, 0.6) is 0 Å². The molecule has 3 aromatic rings. The zero-order valence-corrected chi connectivity index (χ0v) is 15.3. The highest BCUT2D eigenvalue weighted by Gasteiger charge is 2.39. The van der Waals surface area contributed by atoms with Crippen molar-refractivity contribution in [1.29, 1.82) is 0 Å². The second-order valence-corrected chi connectivity index (χ2v) is 7.13. The summed E-state index contributed by atoms with van der Waals surface area (Å²) in [6.07, 6.45) is 0. The Balaban J connectivity index is 1.69. The van der Waals surface area contributed by atoms with E-state index in [1.54, 1.807) is 12.1 Å². The molecular weight excluding hydrogens is 382 g/mol. The van der Waals surface area contributed by atoms with Crippen molar-refractivity contribution in [3.8, 4) is 0 Å². The van der Waals surface area contributed by atoms with Gasteiger partial charge in [0.25, 0.3) is 11.8 Å². The molecule has 0 fully saturated rings. The molecule has 2 aromatic carbocycles. The maximum atomic E-state index is 13.2. The van der Waals surface area contributed by atoms with Gasteiger partial charge in [0.15, 0.2) is 0 Å². The van der Waals surface area contributed by atoms with Crippen molar-refractivity contribution in [3.05, 3.63) is 93.8 Å². The van der Waals surface area contributed by atoms with Crippen LogP contribution in [0.25, 0.3) is 5.57 Å². The predicted molar refractivity (Wildman–Crippen MR) is 103 cm³/mol. The van der Waals surface area contributed by atoms with E-state index < -0.39 is 17.6 Å². The Labute approximate surface area is 163 Å². The normalized spacial score (nSPS) is 14.1. The number of imide groups is 1. The first-order valence-corrected chi connectivity index (χ1v) is 9.32. The van der Waals surface area contributed by atoms with Gasteiger partial charge in [-0.05, 0) is 53.4 Å². The van der Waals surface area contributed by atoms with Crippen LogP contribution in [0.3, 0.4) is 0 Å². The Hall–Kier alpha value is -3.32. The summed E-state index contributed by atoms with van der Waals surface area (Å²) >= 11 is 1.35. The van der Waals surface area contributed by atoms with Crippen LogP contribution in [0, 0.1) is 11.6 Å². The number of nitrogens with zero attached hydrogens (tertiary/aromatic N) is 1. The fourth-order valence-electron chi connectivity index (χ4n) is 2.93. The molecule has 140 valence electrons. The zero-order valence-electron chi connectivity index (χ0n) is 14.5. The first kappa shape index (κ1) is 18.1. The van der Waals surface area contributed by atoms with E-state index in [1.807, 2.05) is 5.38 Å². The third-order valence-corrected chi connectivity index (χ3v) is 5.19. The van der Waals surface area contributed by atoms with Crippen molar-refractivity contribution < 1.29 is 18.4 Å². The maximum absolute atomic E-state index is 13.2. The second kappa shape index (κ2) is 7.36. The summed E-state index contributed by atoms with van der Waals surface area (Å²) < 4.78 is 26.3. The zero-order chi connectivity index (χ0) is 19.7. The number of hydrogen-bond acceptors (Lipinski definition) is 4. The highest BCUT2D eigenvalue weighted by molar-refractivity contribution is 7.11. The first-order valence-electron chi connectivity index (χ1n) is 8.44. The summed E-state index contributed by atoms with van der Waals surface area (Å²) in [6, 6.07) is 14.7. The van der Waals surface area contributed by atoms with Crippen molar-refractivity contribution in [2.45, 2.75) is 6.54 Å². The third-order valence-electron chi connectivity index (χ3n) is 4.30. The van der Waals surface area contributed by atoms with E-state index in [1.165, 1.54) is 59.9 Å². The molecular formula is C21H14F2N2O2S. The summed E-state index contributed by atoms with van der Waals surface area (Å²) in [7, 11) is 0. The van der Waals surface area contributed by atoms with Gasteiger partial charge in [0.1, 0.15) is 17.3 Å². The summed E-state index contributed by atoms with van der Waals surface area (Å²) in [6.45, 7) is 0.0292. The van der Waals surface area contributed by atoms with Gasteiger partial charge in [0, 0.05) is 10.6 Å². The molecule has 0 bridgehead atoms. The van der Waals surface area contributed by atoms with Crippen LogP contribution in [-0.4, -0.2) is 16.7 Å². The number of anilines is 1. The van der Waals surface area contributed by atoms with E-state index in [0.717, 1.165) is 4.90 Å². The van der Waals surface area contributed by atoms with E-state index in [0.29, 0.717) is 16.1 Å². The fourth-order valence-corrected chi connectivity index (χ4v) is 3.70. The molecule has 2 heterocycles. The lowest BCUT2D eigenvalue weighted by molar-refractivity contribution is -0.137. The largest absolute Gasteiger partial charge is 0.350 e. The third kappa shape index (κ3) is 3.44. The Morgan fingerprint density at radius 3 is 2.11 bits per heavy atom. The molecule has 1 aromatic heterocycles. The standard InChI is InChI=1S/C21H14F2N2O2S/c22-14-5-3-13(4-6-14)12-25-20(26)18(17-2-1-11-28-17)19(21(25)27)24-16-9-7-15(23)8-10-16/h1-11,24H,12H2. The van der Waals surface area contributed by atoms with E-state index in [4.69, 9.17) is 0 Å². The first-order chi connectivity index (χ1) is 13.5. The van der Waals surface area contributed by atoms with Gasteiger partial charge in [-0.2, -0.15) is 0 Å². The lowest BCUT2D eigenvalue weighted by Gasteiger charge is -2.15. The molecule has 0 unspecified atom stereocenters. The monoisotopic (exact) mass is 396 g/mol. The lowest BCUT2D eigenvalue weighted by atomic mass is 10.2. The maximum Gasteiger partial charge on any atom is 0.278 e. The molecule has 1 aliphatic rings. The molecule has 4 rings (SSSR count). The van der Waals surface area contributed by atoms with Gasteiger partial charge in [-0.25, -0.2) is 8.78 Å². The summed E-state index contributed by atoms with van der Waals surface area (Å²) in [5.74, 6) is -1.70. The van der Waals surface area contributed by atoms with Gasteiger partial charge in [0.05, 0.1) is 12.1 Å². The molecule has 7 heteroatoms. The molecule has 0 spiro atoms. The molecule has 4 nitrogen and oxygen atoms in total. The second-order valence-electron chi connectivity index (χ2n) is 6.18. The van der Waals surface area contributed by atoms with Crippen LogP contribution < -0.4 is 5.32 Å². The Morgan fingerprint density at radius 1 is 0.857 bits per heavy atom. The van der Waals surface area contributed by atoms with Crippen LogP contribution in [-0.2, 0) is 16.1 Å². The number of carbonyl (C=O) groups excluding carboxylic acids is 2. The average Bonchev–Trinajstić information content (AvgIpc) is 3.28. The van der Waals surface area contributed by atoms with E-state index in [-0.39, 0.29) is 23.6 Å². The van der Waals surface area contributed by atoms with Crippen LogP contribution in [0.4, 0.5) is 14.5 Å². The number of rotatable bonds is 5. The van der Waals surface area contributed by atoms with E-state index in [2.05, 4.69) is 5.32 Å². The molecule has 0 radical (unpaired) electrons. The number of hydrogen-bond donors (Lipinski definition) is 1. The van der Waals surface area contributed by atoms with Crippen molar-refractivity contribution in [3.63, 3.8) is 0 Å². The van der Waals surface area contributed by atoms with Gasteiger partial charge in [-0.1, -0.05) is 18.2 Å². The van der Waals surface area contributed by atoms with Gasteiger partial charge >= 0.3 is 0 Å². The Kier molecular flexibility index (Phi) is 4.75. The number of benzene rings is 2. The minimum Gasteiger partial charge on any atom is -0.350 e. The summed E-state index contributed by atoms with van der Waals surface area (Å²) in [5, 5.41) is 4.78. The average molecular weight is 396 g/mol. The molecule has 1 aliphatic heterocycles. The predicted octanol–water partition coefficient (Wildman–Crippen LogP) is 4.42. The van der Waals surface area contributed by atoms with Gasteiger partial charge in [-0.15, -0.1) is 11.3 Å². The van der Waals surface area contributed by atoms with Gasteiger partial charge in [0.2, 0.25) is 0 Å². The van der Waals surface area contributed by atoms with Crippen molar-refractivity contribution in [2.24, 2.45) is 0 Å². The summed E-state index contributed by atoms with van der Waals surface area (Å²) in [5.41, 5.74) is 1.54. The number of thiophene rings is 1. The van der Waals surface area contributed by atoms with Crippen LogP contribution in [0.2, 0.25) is 0 Å². The van der Waals surface area contributed by atoms with Gasteiger partial charge < -0.3 is 5.32 Å². The molecule has 0 saturated heterocycles. The van der Waals surface area contributed by atoms with Crippen LogP contribution in [0.15, 0.2) is 71.7 Å². The van der Waals surface area contributed by atoms with Gasteiger partial charge in [-0.3, -0.25) is 14.5 Å². The van der Waals surface area contributed by atoms with Crippen molar-refractivity contribution >= 4 is 34.4 Å². The van der Waals surface area contributed by atoms with E-state index in [9.17, 15) is 18.4 Å². The number of nitrogens with one attached hydrogen (secondary N) is 1. The lowest BCUT2D eigenvalue weighted by Crippen LogP contribution is -2.31. The minimum atomic E-state index is -0.484. The quantitative estimate of drug-likeness (QED) is 0.650. The molecule has 0 saturated carbocycles. The molecule has 1 N–H and O–H groups in total. The molecule has 2 amide bonds. The smallest absolute Gasteiger partial charge is 0.278 e. The number of amides is 2. The topological polar surface area (TPSA) is 49.4 Å². The SMILES string of the molecule is O=C1C(Nc2ccc(F)cc2)=C(c2cccs2)C(=O)N1Cc1ccc(F)cc1. The Bertz CT molecular complexity index is 1060. The van der Waals surface area contributed by atoms with E-state index >= 15 is 0 Å². The molecule has 28 heavy (non-hydrogen) atoms. The summed E-state index contributed by atoms with van der Waals surface area (Å²) in [4.78, 5) is 27.8. The van der Waals surface area contributed by atoms with Crippen LogP contribution >= 0.6 is 11.3 Å². The fraction of sp³-hybridized carbons (Fsp3) is 0.0476. The Morgan fingerprint density at radius 2 is 1.50 bits per heavy atom. The highest BCUT2D eigenvalue weighted by Crippen LogP contribution is 2.33. The van der Waals surface area contributed by atoms with Crippen molar-refractivity contribution in [2.75, 3.05) is 5.32 Å². The van der Waals surface area contributed by atoms with Crippen molar-refractivity contribution in [1.82, 2.24) is 4.90 Å². The molecule has 0 aliphatic carbocycles. The minimum absolute atomic E-state index is 0.0292. The highest BCUT2D eigenvalue weighted by atomic mass is 32.1. The molecule has 0 atom stereocenters. The number of carbonyl (C=O) groups is 2. The number of halogens is 2. The van der Waals surface area contributed by atoms with Crippen LogP contribution in [0.1, 0.15) is 10.4 Å².